The Hall–Kier alpha value is -2.73. The van der Waals surface area contributed by atoms with Gasteiger partial charge in [-0.05, 0) is 43.3 Å². The maximum atomic E-state index is 13.6. The van der Waals surface area contributed by atoms with Crippen LogP contribution in [0.3, 0.4) is 0 Å². The molecule has 1 amide bonds. The number of halogens is 2. The van der Waals surface area contributed by atoms with Gasteiger partial charge in [0.05, 0.1) is 17.1 Å². The summed E-state index contributed by atoms with van der Waals surface area (Å²) in [5.41, 5.74) is 1.49. The molecule has 0 bridgehead atoms. The summed E-state index contributed by atoms with van der Waals surface area (Å²) < 4.78 is 15.1. The highest BCUT2D eigenvalue weighted by Crippen LogP contribution is 2.17. The van der Waals surface area contributed by atoms with Crippen LogP contribution in [0.15, 0.2) is 48.5 Å². The zero-order valence-electron chi connectivity index (χ0n) is 12.1. The molecular weight excluding hydrogens is 319 g/mol. The maximum absolute atomic E-state index is 13.6. The van der Waals surface area contributed by atoms with E-state index in [1.165, 1.54) is 16.8 Å². The summed E-state index contributed by atoms with van der Waals surface area (Å²) in [4.78, 5) is 12.3. The molecule has 5 nitrogen and oxygen atoms in total. The maximum Gasteiger partial charge on any atom is 0.278 e. The molecule has 2 aromatic carbocycles. The van der Waals surface area contributed by atoms with Crippen LogP contribution >= 0.6 is 11.6 Å². The quantitative estimate of drug-likeness (QED) is 0.798. The van der Waals surface area contributed by atoms with E-state index in [2.05, 4.69) is 15.6 Å². The van der Waals surface area contributed by atoms with E-state index in [-0.39, 0.29) is 11.4 Å². The summed E-state index contributed by atoms with van der Waals surface area (Å²) in [6.45, 7) is 1.71. The first-order valence-corrected chi connectivity index (χ1v) is 7.18. The van der Waals surface area contributed by atoms with E-state index in [1.54, 1.807) is 43.3 Å². The highest BCUT2D eigenvalue weighted by molar-refractivity contribution is 6.30. The first-order valence-electron chi connectivity index (χ1n) is 6.80. The van der Waals surface area contributed by atoms with E-state index in [0.717, 1.165) is 5.69 Å². The van der Waals surface area contributed by atoms with Gasteiger partial charge < -0.3 is 5.32 Å². The van der Waals surface area contributed by atoms with E-state index < -0.39 is 11.7 Å². The Morgan fingerprint density at radius 1 is 1.17 bits per heavy atom. The number of aromatic nitrogens is 3. The van der Waals surface area contributed by atoms with Crippen molar-refractivity contribution in [3.8, 4) is 5.69 Å². The minimum atomic E-state index is -0.521. The van der Waals surface area contributed by atoms with Crippen molar-refractivity contribution in [2.24, 2.45) is 0 Å². The normalized spacial score (nSPS) is 10.6. The van der Waals surface area contributed by atoms with Gasteiger partial charge in [-0.1, -0.05) is 28.9 Å². The lowest BCUT2D eigenvalue weighted by Gasteiger charge is -2.06. The first kappa shape index (κ1) is 15.2. The van der Waals surface area contributed by atoms with Crippen molar-refractivity contribution >= 4 is 23.2 Å². The Morgan fingerprint density at radius 3 is 2.57 bits per heavy atom. The molecule has 1 N–H and O–H groups in total. The topological polar surface area (TPSA) is 59.8 Å². The molecule has 0 aliphatic carbocycles. The Kier molecular flexibility index (Phi) is 4.08. The molecule has 1 aromatic heterocycles. The number of rotatable bonds is 3. The molecule has 0 saturated heterocycles. The second-order valence-corrected chi connectivity index (χ2v) is 5.28. The van der Waals surface area contributed by atoms with Crippen molar-refractivity contribution in [3.63, 3.8) is 0 Å². The third-order valence-corrected chi connectivity index (χ3v) is 3.55. The van der Waals surface area contributed by atoms with Crippen LogP contribution in [0.1, 0.15) is 16.2 Å². The van der Waals surface area contributed by atoms with Gasteiger partial charge in [-0.25, -0.2) is 9.07 Å². The van der Waals surface area contributed by atoms with Gasteiger partial charge in [0, 0.05) is 5.02 Å². The van der Waals surface area contributed by atoms with Gasteiger partial charge in [0.15, 0.2) is 5.69 Å². The molecule has 3 rings (SSSR count). The fraction of sp³-hybridized carbons (Fsp3) is 0.0625. The molecule has 0 unspecified atom stereocenters. The van der Waals surface area contributed by atoms with Crippen molar-refractivity contribution in [3.05, 3.63) is 70.8 Å². The second kappa shape index (κ2) is 6.18. The Labute approximate surface area is 136 Å². The summed E-state index contributed by atoms with van der Waals surface area (Å²) in [5, 5.41) is 10.9. The molecule has 0 radical (unpaired) electrons. The number of carbonyl (C=O) groups is 1. The molecule has 23 heavy (non-hydrogen) atoms. The zero-order chi connectivity index (χ0) is 16.4. The fourth-order valence-corrected chi connectivity index (χ4v) is 2.24. The number of anilines is 1. The van der Waals surface area contributed by atoms with Crippen LogP contribution in [-0.2, 0) is 0 Å². The number of benzene rings is 2. The van der Waals surface area contributed by atoms with Crippen LogP contribution in [0.4, 0.5) is 10.1 Å². The zero-order valence-corrected chi connectivity index (χ0v) is 12.9. The molecule has 0 aliphatic heterocycles. The Morgan fingerprint density at radius 2 is 1.87 bits per heavy atom. The standard InChI is InChI=1S/C16H12ClFN4O/c1-10-15(16(23)19-14-5-3-2-4-13(14)18)20-21-22(10)12-8-6-11(17)7-9-12/h2-9H,1H3,(H,19,23). The van der Waals surface area contributed by atoms with Crippen LogP contribution in [0.25, 0.3) is 5.69 Å². The van der Waals surface area contributed by atoms with Gasteiger partial charge in [0.1, 0.15) is 5.82 Å². The van der Waals surface area contributed by atoms with Crippen molar-refractivity contribution < 1.29 is 9.18 Å². The monoisotopic (exact) mass is 330 g/mol. The van der Waals surface area contributed by atoms with Crippen molar-refractivity contribution in [1.29, 1.82) is 0 Å². The van der Waals surface area contributed by atoms with Crippen LogP contribution in [0, 0.1) is 12.7 Å². The molecule has 3 aromatic rings. The molecule has 1 heterocycles. The summed E-state index contributed by atoms with van der Waals surface area (Å²) >= 11 is 5.85. The van der Waals surface area contributed by atoms with Crippen molar-refractivity contribution in [2.45, 2.75) is 6.92 Å². The van der Waals surface area contributed by atoms with E-state index >= 15 is 0 Å². The van der Waals surface area contributed by atoms with E-state index in [9.17, 15) is 9.18 Å². The summed E-state index contributed by atoms with van der Waals surface area (Å²) in [7, 11) is 0. The number of nitrogens with one attached hydrogen (secondary N) is 1. The molecule has 0 saturated carbocycles. The first-order chi connectivity index (χ1) is 11.1. The van der Waals surface area contributed by atoms with E-state index in [4.69, 9.17) is 11.6 Å². The van der Waals surface area contributed by atoms with Crippen molar-refractivity contribution in [2.75, 3.05) is 5.32 Å². The highest BCUT2D eigenvalue weighted by Gasteiger charge is 2.18. The van der Waals surface area contributed by atoms with Gasteiger partial charge in [-0.2, -0.15) is 0 Å². The number of carbonyl (C=O) groups excluding carboxylic acids is 1. The Bertz CT molecular complexity index is 861. The minimum absolute atomic E-state index is 0.0953. The predicted molar refractivity (Wildman–Crippen MR) is 85.5 cm³/mol. The molecule has 0 fully saturated rings. The van der Waals surface area contributed by atoms with Crippen LogP contribution < -0.4 is 5.32 Å². The smallest absolute Gasteiger partial charge is 0.278 e. The Balaban J connectivity index is 1.88. The van der Waals surface area contributed by atoms with Crippen LogP contribution in [-0.4, -0.2) is 20.9 Å². The number of nitrogens with zero attached hydrogens (tertiary/aromatic N) is 3. The van der Waals surface area contributed by atoms with E-state index in [1.807, 2.05) is 0 Å². The molecular formula is C16H12ClFN4O. The average Bonchev–Trinajstić information content (AvgIpc) is 2.92. The van der Waals surface area contributed by atoms with Gasteiger partial charge in [-0.15, -0.1) is 5.10 Å². The lowest BCUT2D eigenvalue weighted by Crippen LogP contribution is -2.15. The lowest BCUT2D eigenvalue weighted by atomic mass is 10.2. The molecule has 0 aliphatic rings. The molecule has 0 spiro atoms. The van der Waals surface area contributed by atoms with Gasteiger partial charge >= 0.3 is 0 Å². The minimum Gasteiger partial charge on any atom is -0.318 e. The molecule has 0 atom stereocenters. The fourth-order valence-electron chi connectivity index (χ4n) is 2.11. The summed E-state index contributed by atoms with van der Waals surface area (Å²) in [5.74, 6) is -1.03. The predicted octanol–water partition coefficient (Wildman–Crippen LogP) is 3.62. The number of para-hydroxylation sites is 1. The van der Waals surface area contributed by atoms with Crippen molar-refractivity contribution in [1.82, 2.24) is 15.0 Å². The molecule has 7 heteroatoms. The van der Waals surface area contributed by atoms with Gasteiger partial charge in [0.25, 0.3) is 5.91 Å². The number of hydrogen-bond acceptors (Lipinski definition) is 3. The largest absolute Gasteiger partial charge is 0.318 e. The third kappa shape index (κ3) is 3.07. The lowest BCUT2D eigenvalue weighted by molar-refractivity contribution is 0.102. The van der Waals surface area contributed by atoms with Crippen LogP contribution in [0.2, 0.25) is 5.02 Å². The number of hydrogen-bond donors (Lipinski definition) is 1. The van der Waals surface area contributed by atoms with Gasteiger partial charge in [0.2, 0.25) is 0 Å². The number of amides is 1. The summed E-state index contributed by atoms with van der Waals surface area (Å²) in [6.07, 6.45) is 0. The van der Waals surface area contributed by atoms with Gasteiger partial charge in [-0.3, -0.25) is 4.79 Å². The highest BCUT2D eigenvalue weighted by atomic mass is 35.5. The van der Waals surface area contributed by atoms with Crippen LogP contribution in [0.5, 0.6) is 0 Å². The second-order valence-electron chi connectivity index (χ2n) is 4.85. The summed E-state index contributed by atoms with van der Waals surface area (Å²) in [6, 6.07) is 12.9. The molecule has 116 valence electrons. The third-order valence-electron chi connectivity index (χ3n) is 3.30. The van der Waals surface area contributed by atoms with E-state index in [0.29, 0.717) is 10.7 Å². The average molecular weight is 331 g/mol. The SMILES string of the molecule is Cc1c(C(=O)Nc2ccccc2F)nnn1-c1ccc(Cl)cc1.